The molecule has 2 heterocycles. The van der Waals surface area contributed by atoms with E-state index in [1.54, 1.807) is 35.4 Å². The number of fused-ring (bicyclic) bond motifs is 1. The number of carbonyl (C=O) groups excluding carboxylic acids is 1. The van der Waals surface area contributed by atoms with Gasteiger partial charge in [-0.25, -0.2) is 14.4 Å². The zero-order chi connectivity index (χ0) is 18.1. The number of rotatable bonds is 3. The van der Waals surface area contributed by atoms with Gasteiger partial charge in [0.25, 0.3) is 5.91 Å². The van der Waals surface area contributed by atoms with Crippen molar-refractivity contribution in [3.63, 3.8) is 0 Å². The predicted octanol–water partition coefficient (Wildman–Crippen LogP) is 4.23. The molecule has 4 rings (SSSR count). The summed E-state index contributed by atoms with van der Waals surface area (Å²) in [5.41, 5.74) is 3.00. The molecule has 1 aromatic heterocycles. The Kier molecular flexibility index (Phi) is 3.97. The minimum atomic E-state index is -0.294. The number of pyridine rings is 1. The van der Waals surface area contributed by atoms with E-state index in [0.29, 0.717) is 11.4 Å². The van der Waals surface area contributed by atoms with Crippen molar-refractivity contribution in [2.75, 3.05) is 12.1 Å². The van der Waals surface area contributed by atoms with Gasteiger partial charge in [-0.1, -0.05) is 36.4 Å². The topological polar surface area (TPSA) is 36.4 Å². The van der Waals surface area contributed by atoms with Crippen LogP contribution in [-0.2, 0) is 0 Å². The molecule has 0 atom stereocenters. The van der Waals surface area contributed by atoms with Gasteiger partial charge in [0.15, 0.2) is 0 Å². The van der Waals surface area contributed by atoms with Gasteiger partial charge in [0, 0.05) is 18.8 Å². The second-order valence-corrected chi connectivity index (χ2v) is 5.96. The Labute approximate surface area is 150 Å². The highest BCUT2D eigenvalue weighted by Crippen LogP contribution is 2.36. The van der Waals surface area contributed by atoms with Crippen molar-refractivity contribution < 1.29 is 9.18 Å². The maximum absolute atomic E-state index is 13.2. The third kappa shape index (κ3) is 2.73. The van der Waals surface area contributed by atoms with Gasteiger partial charge in [-0.15, -0.1) is 0 Å². The van der Waals surface area contributed by atoms with E-state index in [0.717, 1.165) is 16.8 Å². The van der Waals surface area contributed by atoms with Gasteiger partial charge in [0.05, 0.1) is 11.3 Å². The highest BCUT2D eigenvalue weighted by atomic mass is 19.1. The fourth-order valence-corrected chi connectivity index (χ4v) is 3.03. The maximum Gasteiger partial charge on any atom is 0.277 e. The highest BCUT2D eigenvalue weighted by Gasteiger charge is 2.35. The van der Waals surface area contributed by atoms with Gasteiger partial charge >= 0.3 is 0 Å². The summed E-state index contributed by atoms with van der Waals surface area (Å²) in [6.07, 6.45) is 3.56. The molecule has 2 aromatic carbocycles. The molecule has 0 fully saturated rings. The monoisotopic (exact) mass is 345 g/mol. The SMILES string of the molecule is CN(c1ccccn1)N1C(=O)c2ccccc2C1=Cc1ccc(F)cc1. The quantitative estimate of drug-likeness (QED) is 0.713. The first-order valence-corrected chi connectivity index (χ1v) is 8.21. The number of aromatic nitrogens is 1. The molecule has 0 radical (unpaired) electrons. The normalized spacial score (nSPS) is 14.6. The first-order valence-electron chi connectivity index (χ1n) is 8.21. The highest BCUT2D eigenvalue weighted by molar-refractivity contribution is 6.12. The minimum Gasteiger partial charge on any atom is -0.267 e. The molecule has 3 aromatic rings. The van der Waals surface area contributed by atoms with Crippen LogP contribution in [0.4, 0.5) is 10.2 Å². The van der Waals surface area contributed by atoms with E-state index in [9.17, 15) is 9.18 Å². The summed E-state index contributed by atoms with van der Waals surface area (Å²) in [5.74, 6) is 0.235. The molecular weight excluding hydrogens is 329 g/mol. The Balaban J connectivity index is 1.83. The van der Waals surface area contributed by atoms with Gasteiger partial charge in [0.1, 0.15) is 11.6 Å². The fourth-order valence-electron chi connectivity index (χ4n) is 3.03. The van der Waals surface area contributed by atoms with Gasteiger partial charge < -0.3 is 0 Å². The number of carbonyl (C=O) groups is 1. The summed E-state index contributed by atoms with van der Waals surface area (Å²) in [7, 11) is 1.80. The second-order valence-electron chi connectivity index (χ2n) is 5.96. The van der Waals surface area contributed by atoms with E-state index in [-0.39, 0.29) is 11.7 Å². The summed E-state index contributed by atoms with van der Waals surface area (Å²) in [4.78, 5) is 17.4. The second kappa shape index (κ2) is 6.44. The molecule has 1 aliphatic rings. The largest absolute Gasteiger partial charge is 0.277 e. The van der Waals surface area contributed by atoms with E-state index in [4.69, 9.17) is 0 Å². The van der Waals surface area contributed by atoms with E-state index in [2.05, 4.69) is 4.98 Å². The van der Waals surface area contributed by atoms with E-state index in [1.807, 2.05) is 48.5 Å². The predicted molar refractivity (Wildman–Crippen MR) is 99.5 cm³/mol. The first kappa shape index (κ1) is 16.0. The number of hydrazine groups is 1. The lowest BCUT2D eigenvalue weighted by molar-refractivity contribution is 0.0844. The number of amides is 1. The molecule has 0 bridgehead atoms. The lowest BCUT2D eigenvalue weighted by Gasteiger charge is -2.30. The van der Waals surface area contributed by atoms with Crippen molar-refractivity contribution >= 4 is 23.5 Å². The van der Waals surface area contributed by atoms with Crippen molar-refractivity contribution in [2.45, 2.75) is 0 Å². The van der Waals surface area contributed by atoms with Crippen LogP contribution in [0.2, 0.25) is 0 Å². The van der Waals surface area contributed by atoms with Crippen molar-refractivity contribution in [3.8, 4) is 0 Å². The van der Waals surface area contributed by atoms with E-state index >= 15 is 0 Å². The molecule has 128 valence electrons. The van der Waals surface area contributed by atoms with E-state index < -0.39 is 0 Å². The van der Waals surface area contributed by atoms with Crippen molar-refractivity contribution in [3.05, 3.63) is 95.4 Å². The molecule has 0 saturated heterocycles. The molecule has 1 aliphatic heterocycles. The molecule has 26 heavy (non-hydrogen) atoms. The number of nitrogens with zero attached hydrogens (tertiary/aromatic N) is 3. The Morgan fingerprint density at radius 2 is 1.65 bits per heavy atom. The first-order chi connectivity index (χ1) is 12.6. The average Bonchev–Trinajstić information content (AvgIpc) is 2.96. The lowest BCUT2D eigenvalue weighted by Crippen LogP contribution is -2.39. The Morgan fingerprint density at radius 3 is 2.35 bits per heavy atom. The number of benzene rings is 2. The summed E-state index contributed by atoms with van der Waals surface area (Å²) in [6, 6.07) is 19.2. The van der Waals surface area contributed by atoms with Gasteiger partial charge in [0.2, 0.25) is 0 Å². The van der Waals surface area contributed by atoms with Crippen LogP contribution in [-0.4, -0.2) is 22.9 Å². The van der Waals surface area contributed by atoms with Crippen LogP contribution >= 0.6 is 0 Å². The van der Waals surface area contributed by atoms with Crippen LogP contribution in [0.3, 0.4) is 0 Å². The lowest BCUT2D eigenvalue weighted by atomic mass is 10.1. The Hall–Kier alpha value is -3.47. The zero-order valence-electron chi connectivity index (χ0n) is 14.1. The summed E-state index contributed by atoms with van der Waals surface area (Å²) in [6.45, 7) is 0. The molecule has 0 aliphatic carbocycles. The molecule has 0 spiro atoms. The van der Waals surface area contributed by atoms with Crippen LogP contribution in [0.1, 0.15) is 21.5 Å². The number of hydrogen-bond acceptors (Lipinski definition) is 3. The summed E-state index contributed by atoms with van der Waals surface area (Å²) >= 11 is 0. The molecular formula is C21H16FN3O. The fraction of sp³-hybridized carbons (Fsp3) is 0.0476. The molecule has 4 nitrogen and oxygen atoms in total. The third-order valence-electron chi connectivity index (χ3n) is 4.31. The van der Waals surface area contributed by atoms with Crippen molar-refractivity contribution in [1.29, 1.82) is 0 Å². The molecule has 5 heteroatoms. The van der Waals surface area contributed by atoms with Crippen LogP contribution in [0, 0.1) is 5.82 Å². The maximum atomic E-state index is 13.2. The van der Waals surface area contributed by atoms with Gasteiger partial charge in [-0.3, -0.25) is 9.80 Å². The number of hydrogen-bond donors (Lipinski definition) is 0. The molecule has 0 saturated carbocycles. The minimum absolute atomic E-state index is 0.123. The summed E-state index contributed by atoms with van der Waals surface area (Å²) < 4.78 is 13.2. The summed E-state index contributed by atoms with van der Waals surface area (Å²) in [5, 5.41) is 3.31. The van der Waals surface area contributed by atoms with Crippen LogP contribution in [0.25, 0.3) is 11.8 Å². The van der Waals surface area contributed by atoms with Crippen LogP contribution in [0.15, 0.2) is 72.9 Å². The zero-order valence-corrected chi connectivity index (χ0v) is 14.1. The number of halogens is 1. The smallest absolute Gasteiger partial charge is 0.267 e. The third-order valence-corrected chi connectivity index (χ3v) is 4.31. The van der Waals surface area contributed by atoms with Crippen molar-refractivity contribution in [1.82, 2.24) is 9.99 Å². The van der Waals surface area contributed by atoms with Gasteiger partial charge in [-0.05, 0) is 42.0 Å². The Morgan fingerprint density at radius 1 is 0.962 bits per heavy atom. The molecule has 0 unspecified atom stereocenters. The van der Waals surface area contributed by atoms with E-state index in [1.165, 1.54) is 12.1 Å². The van der Waals surface area contributed by atoms with Gasteiger partial charge in [-0.2, -0.15) is 0 Å². The standard InChI is InChI=1S/C21H16FN3O/c1-24(20-8-4-5-13-23-20)25-19(14-15-9-11-16(22)12-10-15)17-6-2-3-7-18(17)21(25)26/h2-14H,1H3. The molecule has 1 amide bonds. The van der Waals surface area contributed by atoms with Crippen molar-refractivity contribution in [2.24, 2.45) is 0 Å². The van der Waals surface area contributed by atoms with Crippen LogP contribution < -0.4 is 5.01 Å². The van der Waals surface area contributed by atoms with Crippen LogP contribution in [0.5, 0.6) is 0 Å². The molecule has 0 N–H and O–H groups in total. The Bertz CT molecular complexity index is 984. The average molecular weight is 345 g/mol. The number of anilines is 1.